The number of nitrogens with one attached hydrogen (secondary N) is 1. The standard InChI is InChI=1S/C14H18N4/c1-3-10(2)16-13-9-12(15)17-14(18-13)11-7-5-4-6-8-11/h4-10H,3H2,1-2H3,(H3,15,16,17,18). The van der Waals surface area contributed by atoms with Gasteiger partial charge in [0.2, 0.25) is 0 Å². The lowest BCUT2D eigenvalue weighted by molar-refractivity contribution is 0.759. The van der Waals surface area contributed by atoms with E-state index in [0.717, 1.165) is 17.8 Å². The third-order valence-corrected chi connectivity index (χ3v) is 2.78. The Bertz CT molecular complexity index is 510. The molecule has 0 aliphatic carbocycles. The van der Waals surface area contributed by atoms with Crippen molar-refractivity contribution in [3.05, 3.63) is 36.4 Å². The molecule has 1 aromatic heterocycles. The van der Waals surface area contributed by atoms with Crippen molar-refractivity contribution in [3.8, 4) is 11.4 Å². The summed E-state index contributed by atoms with van der Waals surface area (Å²) >= 11 is 0. The van der Waals surface area contributed by atoms with E-state index in [2.05, 4.69) is 29.1 Å². The molecule has 0 saturated carbocycles. The SMILES string of the molecule is CCC(C)Nc1cc(N)nc(-c2ccccc2)n1. The Balaban J connectivity index is 2.32. The van der Waals surface area contributed by atoms with E-state index in [-0.39, 0.29) is 0 Å². The van der Waals surface area contributed by atoms with Crippen molar-refractivity contribution in [1.29, 1.82) is 0 Å². The fourth-order valence-corrected chi connectivity index (χ4v) is 1.61. The summed E-state index contributed by atoms with van der Waals surface area (Å²) in [6, 6.07) is 12.0. The lowest BCUT2D eigenvalue weighted by Gasteiger charge is -2.13. The van der Waals surface area contributed by atoms with Gasteiger partial charge in [-0.3, -0.25) is 0 Å². The zero-order chi connectivity index (χ0) is 13.0. The van der Waals surface area contributed by atoms with Gasteiger partial charge in [-0.2, -0.15) is 0 Å². The van der Waals surface area contributed by atoms with E-state index in [9.17, 15) is 0 Å². The summed E-state index contributed by atoms with van der Waals surface area (Å²) in [4.78, 5) is 8.75. The monoisotopic (exact) mass is 242 g/mol. The van der Waals surface area contributed by atoms with Crippen LogP contribution in [0, 0.1) is 0 Å². The van der Waals surface area contributed by atoms with Gasteiger partial charge < -0.3 is 11.1 Å². The molecule has 2 rings (SSSR count). The number of rotatable bonds is 4. The molecule has 0 aliphatic rings. The van der Waals surface area contributed by atoms with Gasteiger partial charge >= 0.3 is 0 Å². The summed E-state index contributed by atoms with van der Waals surface area (Å²) in [6.45, 7) is 4.24. The molecule has 0 spiro atoms. The molecule has 94 valence electrons. The van der Waals surface area contributed by atoms with E-state index in [1.165, 1.54) is 0 Å². The first-order chi connectivity index (χ1) is 8.69. The number of nitrogens with zero attached hydrogens (tertiary/aromatic N) is 2. The highest BCUT2D eigenvalue weighted by atomic mass is 15.1. The minimum absolute atomic E-state index is 0.364. The third kappa shape index (κ3) is 2.97. The number of nitrogens with two attached hydrogens (primary N) is 1. The summed E-state index contributed by atoms with van der Waals surface area (Å²) in [5, 5.41) is 3.31. The van der Waals surface area contributed by atoms with Crippen molar-refractivity contribution in [1.82, 2.24) is 9.97 Å². The molecule has 0 fully saturated rings. The van der Waals surface area contributed by atoms with Crippen LogP contribution in [0.2, 0.25) is 0 Å². The van der Waals surface area contributed by atoms with Gasteiger partial charge in [0.1, 0.15) is 11.6 Å². The highest BCUT2D eigenvalue weighted by Gasteiger charge is 2.06. The molecule has 1 heterocycles. The topological polar surface area (TPSA) is 63.8 Å². The average molecular weight is 242 g/mol. The van der Waals surface area contributed by atoms with Gasteiger partial charge in [0, 0.05) is 17.7 Å². The molecule has 4 nitrogen and oxygen atoms in total. The Morgan fingerprint density at radius 1 is 1.22 bits per heavy atom. The maximum absolute atomic E-state index is 5.82. The van der Waals surface area contributed by atoms with Crippen molar-refractivity contribution < 1.29 is 0 Å². The molecule has 2 aromatic rings. The number of anilines is 2. The van der Waals surface area contributed by atoms with Gasteiger partial charge in [-0.1, -0.05) is 37.3 Å². The Morgan fingerprint density at radius 3 is 2.61 bits per heavy atom. The molecular weight excluding hydrogens is 224 g/mol. The molecule has 1 unspecified atom stereocenters. The smallest absolute Gasteiger partial charge is 0.163 e. The molecule has 0 radical (unpaired) electrons. The van der Waals surface area contributed by atoms with Crippen LogP contribution in [0.15, 0.2) is 36.4 Å². The predicted molar refractivity (Wildman–Crippen MR) is 75.3 cm³/mol. The molecular formula is C14H18N4. The Labute approximate surface area is 107 Å². The minimum Gasteiger partial charge on any atom is -0.384 e. The van der Waals surface area contributed by atoms with Gasteiger partial charge in [-0.15, -0.1) is 0 Å². The molecule has 4 heteroatoms. The van der Waals surface area contributed by atoms with Crippen LogP contribution in [0.25, 0.3) is 11.4 Å². The van der Waals surface area contributed by atoms with Crippen molar-refractivity contribution in [3.63, 3.8) is 0 Å². The first kappa shape index (κ1) is 12.4. The molecule has 1 atom stereocenters. The van der Waals surface area contributed by atoms with E-state index < -0.39 is 0 Å². The van der Waals surface area contributed by atoms with Crippen LogP contribution in [0.4, 0.5) is 11.6 Å². The van der Waals surface area contributed by atoms with Crippen LogP contribution >= 0.6 is 0 Å². The van der Waals surface area contributed by atoms with Crippen LogP contribution in [-0.4, -0.2) is 16.0 Å². The van der Waals surface area contributed by atoms with Gasteiger partial charge in [0.05, 0.1) is 0 Å². The molecule has 0 bridgehead atoms. The van der Waals surface area contributed by atoms with Crippen LogP contribution in [0.3, 0.4) is 0 Å². The zero-order valence-corrected chi connectivity index (χ0v) is 10.7. The van der Waals surface area contributed by atoms with Crippen molar-refractivity contribution in [2.45, 2.75) is 26.3 Å². The second-order valence-corrected chi connectivity index (χ2v) is 4.32. The van der Waals surface area contributed by atoms with E-state index in [1.54, 1.807) is 6.07 Å². The summed E-state index contributed by atoms with van der Waals surface area (Å²) in [5.41, 5.74) is 6.79. The highest BCUT2D eigenvalue weighted by molar-refractivity contribution is 5.60. The number of benzene rings is 1. The van der Waals surface area contributed by atoms with Crippen LogP contribution in [-0.2, 0) is 0 Å². The van der Waals surface area contributed by atoms with Crippen LogP contribution in [0.1, 0.15) is 20.3 Å². The summed E-state index contributed by atoms with van der Waals surface area (Å²) < 4.78 is 0. The van der Waals surface area contributed by atoms with Crippen LogP contribution in [0.5, 0.6) is 0 Å². The Morgan fingerprint density at radius 2 is 1.94 bits per heavy atom. The molecule has 0 aliphatic heterocycles. The van der Waals surface area contributed by atoms with Gasteiger partial charge in [-0.25, -0.2) is 9.97 Å². The number of hydrogen-bond donors (Lipinski definition) is 2. The van der Waals surface area contributed by atoms with Crippen LogP contribution < -0.4 is 11.1 Å². The first-order valence-corrected chi connectivity index (χ1v) is 6.15. The molecule has 18 heavy (non-hydrogen) atoms. The molecule has 0 saturated heterocycles. The summed E-state index contributed by atoms with van der Waals surface area (Å²) in [6.07, 6.45) is 1.03. The second-order valence-electron chi connectivity index (χ2n) is 4.32. The minimum atomic E-state index is 0.364. The van der Waals surface area contributed by atoms with Gasteiger partial charge in [0.15, 0.2) is 5.82 Å². The third-order valence-electron chi connectivity index (χ3n) is 2.78. The maximum atomic E-state index is 5.82. The summed E-state index contributed by atoms with van der Waals surface area (Å²) in [7, 11) is 0. The first-order valence-electron chi connectivity index (χ1n) is 6.15. The van der Waals surface area contributed by atoms with Crippen molar-refractivity contribution >= 4 is 11.6 Å². The average Bonchev–Trinajstić information content (AvgIpc) is 2.39. The second kappa shape index (κ2) is 5.49. The van der Waals surface area contributed by atoms with Crippen molar-refractivity contribution in [2.75, 3.05) is 11.1 Å². The fourth-order valence-electron chi connectivity index (χ4n) is 1.61. The van der Waals surface area contributed by atoms with Gasteiger partial charge in [-0.05, 0) is 13.3 Å². The summed E-state index contributed by atoms with van der Waals surface area (Å²) in [5.74, 6) is 1.91. The number of nitrogen functional groups attached to an aromatic ring is 1. The molecule has 3 N–H and O–H groups in total. The van der Waals surface area contributed by atoms with E-state index >= 15 is 0 Å². The normalized spacial score (nSPS) is 12.1. The molecule has 1 aromatic carbocycles. The number of aromatic nitrogens is 2. The lowest BCUT2D eigenvalue weighted by atomic mass is 10.2. The van der Waals surface area contributed by atoms with E-state index in [4.69, 9.17) is 5.73 Å². The lowest BCUT2D eigenvalue weighted by Crippen LogP contribution is -2.15. The van der Waals surface area contributed by atoms with E-state index in [0.29, 0.717) is 17.7 Å². The van der Waals surface area contributed by atoms with E-state index in [1.807, 2.05) is 30.3 Å². The fraction of sp³-hybridized carbons (Fsp3) is 0.286. The molecule has 0 amide bonds. The predicted octanol–water partition coefficient (Wildman–Crippen LogP) is 2.94. The highest BCUT2D eigenvalue weighted by Crippen LogP contribution is 2.19. The zero-order valence-electron chi connectivity index (χ0n) is 10.7. The largest absolute Gasteiger partial charge is 0.384 e. The number of hydrogen-bond acceptors (Lipinski definition) is 4. The van der Waals surface area contributed by atoms with Gasteiger partial charge in [0.25, 0.3) is 0 Å². The van der Waals surface area contributed by atoms with Crippen molar-refractivity contribution in [2.24, 2.45) is 0 Å². The Hall–Kier alpha value is -2.10. The maximum Gasteiger partial charge on any atom is 0.163 e. The quantitative estimate of drug-likeness (QED) is 0.865. The Kier molecular flexibility index (Phi) is 3.77.